The highest BCUT2D eigenvalue weighted by molar-refractivity contribution is 5.86. The predicted molar refractivity (Wildman–Crippen MR) is 69.5 cm³/mol. The zero-order valence-corrected chi connectivity index (χ0v) is 11.2. The Morgan fingerprint density at radius 1 is 1.17 bits per heavy atom. The predicted octanol–water partition coefficient (Wildman–Crippen LogP) is 3.10. The average molecular weight is 249 g/mol. The fourth-order valence-corrected chi connectivity index (χ4v) is 1.99. The molecule has 1 atom stereocenters. The second-order valence-corrected chi connectivity index (χ2v) is 5.25. The molecule has 1 aromatic carbocycles. The van der Waals surface area contributed by atoms with E-state index < -0.39 is 17.7 Å². The molecule has 1 aromatic rings. The summed E-state index contributed by atoms with van der Waals surface area (Å²) in [5.41, 5.74) is 0.0557. The van der Waals surface area contributed by atoms with E-state index in [0.717, 1.165) is 0 Å². The van der Waals surface area contributed by atoms with E-state index in [1.807, 2.05) is 6.07 Å². The van der Waals surface area contributed by atoms with Gasteiger partial charge in [-0.05, 0) is 33.3 Å². The van der Waals surface area contributed by atoms with Crippen LogP contribution in [0.3, 0.4) is 0 Å². The second-order valence-electron chi connectivity index (χ2n) is 5.25. The molecule has 4 heteroatoms. The van der Waals surface area contributed by atoms with Crippen LogP contribution in [0.2, 0.25) is 0 Å². The lowest BCUT2D eigenvalue weighted by molar-refractivity contribution is -0.123. The van der Waals surface area contributed by atoms with Gasteiger partial charge in [0.25, 0.3) is 0 Å². The van der Waals surface area contributed by atoms with Crippen LogP contribution in [0, 0.1) is 0 Å². The van der Waals surface area contributed by atoms with Gasteiger partial charge in [0.15, 0.2) is 5.78 Å². The Morgan fingerprint density at radius 2 is 1.67 bits per heavy atom. The van der Waals surface area contributed by atoms with Gasteiger partial charge in [0.1, 0.15) is 6.04 Å². The Labute approximate surface area is 107 Å². The Balaban J connectivity index is 3.27. The molecule has 0 aromatic heterocycles. The average Bonchev–Trinajstić information content (AvgIpc) is 2.24. The van der Waals surface area contributed by atoms with E-state index in [4.69, 9.17) is 0 Å². The molecule has 1 amide bonds. The molecule has 0 aliphatic heterocycles. The summed E-state index contributed by atoms with van der Waals surface area (Å²) in [5.74, 6) is -0.182. The summed E-state index contributed by atoms with van der Waals surface area (Å²) in [7, 11) is 0. The molecule has 0 radical (unpaired) electrons. The number of carbonyl (C=O) groups is 2. The summed E-state index contributed by atoms with van der Waals surface area (Å²) in [4.78, 5) is 24.5. The van der Waals surface area contributed by atoms with Crippen molar-refractivity contribution in [3.05, 3.63) is 35.9 Å². The zero-order valence-electron chi connectivity index (χ0n) is 11.2. The number of Topliss-reactive ketones (excluding diaryl/α,β-unsaturated/α-hetero) is 1. The molecule has 1 rings (SSSR count). The van der Waals surface area contributed by atoms with Crippen LogP contribution in [0.15, 0.2) is 30.3 Å². The molecule has 1 N–H and O–H groups in total. The summed E-state index contributed by atoms with van der Waals surface area (Å²) in [5, 5.41) is 9.36. The van der Waals surface area contributed by atoms with Crippen LogP contribution in [-0.2, 0) is 4.79 Å². The van der Waals surface area contributed by atoms with Crippen LogP contribution < -0.4 is 0 Å². The van der Waals surface area contributed by atoms with Crippen molar-refractivity contribution in [2.45, 2.75) is 39.3 Å². The Morgan fingerprint density at radius 3 is 2.00 bits per heavy atom. The molecule has 0 heterocycles. The first-order valence-corrected chi connectivity index (χ1v) is 5.83. The van der Waals surface area contributed by atoms with Gasteiger partial charge in [-0.2, -0.15) is 0 Å². The van der Waals surface area contributed by atoms with Crippen molar-refractivity contribution >= 4 is 11.9 Å². The first kappa shape index (κ1) is 14.2. The number of rotatable bonds is 3. The SMILES string of the molecule is CC(=O)C(c1ccccc1)N(C(=O)O)C(C)(C)C. The normalized spacial score (nSPS) is 12.9. The molecule has 1 unspecified atom stereocenters. The molecule has 0 fully saturated rings. The maximum absolute atomic E-state index is 11.8. The van der Waals surface area contributed by atoms with Crippen molar-refractivity contribution in [1.29, 1.82) is 0 Å². The van der Waals surface area contributed by atoms with E-state index in [1.54, 1.807) is 45.0 Å². The minimum absolute atomic E-state index is 0.182. The topological polar surface area (TPSA) is 57.6 Å². The summed E-state index contributed by atoms with van der Waals surface area (Å²) in [6.45, 7) is 6.75. The van der Waals surface area contributed by atoms with Crippen molar-refractivity contribution in [2.24, 2.45) is 0 Å². The largest absolute Gasteiger partial charge is 0.465 e. The van der Waals surface area contributed by atoms with E-state index in [2.05, 4.69) is 0 Å². The van der Waals surface area contributed by atoms with Gasteiger partial charge in [0.2, 0.25) is 0 Å². The molecule has 0 aliphatic rings. The molecule has 0 aliphatic carbocycles. The van der Waals surface area contributed by atoms with Gasteiger partial charge in [-0.3, -0.25) is 9.69 Å². The summed E-state index contributed by atoms with van der Waals surface area (Å²) in [6, 6.07) is 8.22. The molecule has 4 nitrogen and oxygen atoms in total. The number of carboxylic acid groups (broad SMARTS) is 1. The fourth-order valence-electron chi connectivity index (χ4n) is 1.99. The maximum atomic E-state index is 11.8. The molecule has 0 bridgehead atoms. The Bertz CT molecular complexity index is 434. The standard InChI is InChI=1S/C14H19NO3/c1-10(16)12(11-8-6-5-7-9-11)15(13(17)18)14(2,3)4/h5-9,12H,1-4H3,(H,17,18). The van der Waals surface area contributed by atoms with Gasteiger partial charge in [-0.25, -0.2) is 4.79 Å². The quantitative estimate of drug-likeness (QED) is 0.895. The van der Waals surface area contributed by atoms with Crippen molar-refractivity contribution in [2.75, 3.05) is 0 Å². The lowest BCUT2D eigenvalue weighted by atomic mass is 9.96. The van der Waals surface area contributed by atoms with Crippen LogP contribution in [0.5, 0.6) is 0 Å². The van der Waals surface area contributed by atoms with Crippen LogP contribution >= 0.6 is 0 Å². The number of hydrogen-bond acceptors (Lipinski definition) is 2. The number of carbonyl (C=O) groups excluding carboxylic acids is 1. The first-order chi connectivity index (χ1) is 8.25. The number of amides is 1. The van der Waals surface area contributed by atoms with Crippen molar-refractivity contribution in [3.8, 4) is 0 Å². The molecule has 0 spiro atoms. The zero-order chi connectivity index (χ0) is 13.9. The maximum Gasteiger partial charge on any atom is 0.408 e. The van der Waals surface area contributed by atoms with E-state index in [9.17, 15) is 14.7 Å². The van der Waals surface area contributed by atoms with Gasteiger partial charge < -0.3 is 5.11 Å². The van der Waals surface area contributed by atoms with E-state index in [0.29, 0.717) is 5.56 Å². The Kier molecular flexibility index (Phi) is 4.11. The van der Waals surface area contributed by atoms with Gasteiger partial charge in [-0.15, -0.1) is 0 Å². The monoisotopic (exact) mass is 249 g/mol. The van der Waals surface area contributed by atoms with Crippen LogP contribution in [-0.4, -0.2) is 27.4 Å². The van der Waals surface area contributed by atoms with Gasteiger partial charge in [-0.1, -0.05) is 30.3 Å². The van der Waals surface area contributed by atoms with Crippen LogP contribution in [0.4, 0.5) is 4.79 Å². The highest BCUT2D eigenvalue weighted by Crippen LogP contribution is 2.29. The summed E-state index contributed by atoms with van der Waals surface area (Å²) >= 11 is 0. The lowest BCUT2D eigenvalue weighted by Crippen LogP contribution is -2.49. The molecular weight excluding hydrogens is 230 g/mol. The van der Waals surface area contributed by atoms with Gasteiger partial charge in [0, 0.05) is 5.54 Å². The first-order valence-electron chi connectivity index (χ1n) is 5.83. The molecule has 0 saturated carbocycles. The molecule has 98 valence electrons. The third-order valence-corrected chi connectivity index (χ3v) is 2.69. The third-order valence-electron chi connectivity index (χ3n) is 2.69. The minimum Gasteiger partial charge on any atom is -0.465 e. The number of nitrogens with zero attached hydrogens (tertiary/aromatic N) is 1. The summed E-state index contributed by atoms with van der Waals surface area (Å²) < 4.78 is 0. The highest BCUT2D eigenvalue weighted by atomic mass is 16.4. The van der Waals surface area contributed by atoms with Crippen molar-refractivity contribution in [1.82, 2.24) is 4.90 Å². The third kappa shape index (κ3) is 3.09. The molecule has 0 saturated heterocycles. The smallest absolute Gasteiger partial charge is 0.408 e. The fraction of sp³-hybridized carbons (Fsp3) is 0.429. The van der Waals surface area contributed by atoms with E-state index in [1.165, 1.54) is 11.8 Å². The van der Waals surface area contributed by atoms with E-state index in [-0.39, 0.29) is 5.78 Å². The van der Waals surface area contributed by atoms with Crippen LogP contribution in [0.25, 0.3) is 0 Å². The van der Waals surface area contributed by atoms with E-state index >= 15 is 0 Å². The lowest BCUT2D eigenvalue weighted by Gasteiger charge is -2.38. The highest BCUT2D eigenvalue weighted by Gasteiger charge is 2.36. The van der Waals surface area contributed by atoms with Crippen LogP contribution in [0.1, 0.15) is 39.3 Å². The molecular formula is C14H19NO3. The summed E-state index contributed by atoms with van der Waals surface area (Å²) in [6.07, 6.45) is -1.09. The number of benzene rings is 1. The van der Waals surface area contributed by atoms with Gasteiger partial charge in [0.05, 0.1) is 0 Å². The Hall–Kier alpha value is -1.84. The van der Waals surface area contributed by atoms with Gasteiger partial charge >= 0.3 is 6.09 Å². The van der Waals surface area contributed by atoms with Crippen molar-refractivity contribution in [3.63, 3.8) is 0 Å². The molecule has 18 heavy (non-hydrogen) atoms. The number of hydrogen-bond donors (Lipinski definition) is 1. The number of ketones is 1. The minimum atomic E-state index is -1.09. The second kappa shape index (κ2) is 5.21. The van der Waals surface area contributed by atoms with Crippen molar-refractivity contribution < 1.29 is 14.7 Å².